The second kappa shape index (κ2) is 9.58. The number of rotatable bonds is 7. The fourth-order valence-electron chi connectivity index (χ4n) is 3.28. The maximum atomic E-state index is 12.4. The van der Waals surface area contributed by atoms with Crippen molar-refractivity contribution in [2.24, 2.45) is 11.0 Å². The van der Waals surface area contributed by atoms with Gasteiger partial charge < -0.3 is 9.88 Å². The first-order valence-electron chi connectivity index (χ1n) is 9.18. The molecule has 3 rings (SSSR count). The number of benzene rings is 2. The van der Waals surface area contributed by atoms with Gasteiger partial charge in [0.25, 0.3) is 0 Å². The Labute approximate surface area is 182 Å². The molecule has 1 N–H and O–H groups in total. The van der Waals surface area contributed by atoms with Gasteiger partial charge in [-0.05, 0) is 63.4 Å². The fraction of sp³-hybridized carbons (Fsp3) is 0.238. The highest BCUT2D eigenvalue weighted by molar-refractivity contribution is 14.1. The number of nitrogens with one attached hydrogen (secondary N) is 1. The molecule has 0 spiro atoms. The van der Waals surface area contributed by atoms with Crippen molar-refractivity contribution in [2.75, 3.05) is 5.32 Å². The molecule has 0 fully saturated rings. The summed E-state index contributed by atoms with van der Waals surface area (Å²) in [6.07, 6.45) is 5.83. The lowest BCUT2D eigenvalue weighted by atomic mass is 9.95. The molecular formula is C21H21IN6O. The summed E-state index contributed by atoms with van der Waals surface area (Å²) in [5.74, 6) is 0.306. The van der Waals surface area contributed by atoms with E-state index in [0.29, 0.717) is 11.6 Å². The number of hydrogen-bond donors (Lipinski definition) is 1. The van der Waals surface area contributed by atoms with E-state index in [0.717, 1.165) is 14.8 Å². The van der Waals surface area contributed by atoms with Crippen molar-refractivity contribution in [1.82, 2.24) is 9.55 Å². The molecule has 148 valence electrons. The van der Waals surface area contributed by atoms with E-state index >= 15 is 0 Å². The Morgan fingerprint density at radius 3 is 2.62 bits per heavy atom. The third-order valence-electron chi connectivity index (χ3n) is 4.54. The van der Waals surface area contributed by atoms with Crippen molar-refractivity contribution < 1.29 is 4.79 Å². The minimum absolute atomic E-state index is 0.0971. The van der Waals surface area contributed by atoms with Gasteiger partial charge >= 0.3 is 0 Å². The fourth-order valence-corrected chi connectivity index (χ4v) is 3.97. The molecule has 0 saturated carbocycles. The summed E-state index contributed by atoms with van der Waals surface area (Å²) in [5, 5.41) is 6.55. The van der Waals surface area contributed by atoms with Crippen LogP contribution in [0.25, 0.3) is 10.4 Å². The van der Waals surface area contributed by atoms with E-state index in [1.165, 1.54) is 5.56 Å². The normalized spacial score (nSPS) is 11.7. The van der Waals surface area contributed by atoms with E-state index in [1.807, 2.05) is 42.9 Å². The Morgan fingerprint density at radius 2 is 2.03 bits per heavy atom. The average molecular weight is 500 g/mol. The third-order valence-corrected chi connectivity index (χ3v) is 5.41. The summed E-state index contributed by atoms with van der Waals surface area (Å²) in [6.45, 7) is 4.35. The standard InChI is InChI=1S/C21H21IN6O/c1-14(2)21(28-10-9-24-13-28)16-4-6-17(7-5-16)25-20(29)12-15-3-8-19(26-27-23)18(22)11-15/h3-11,13-14,21H,12H2,1-2H3,(H,25,29). The first-order chi connectivity index (χ1) is 14.0. The van der Waals surface area contributed by atoms with Crippen molar-refractivity contribution in [3.63, 3.8) is 0 Å². The number of anilines is 1. The molecule has 1 atom stereocenters. The monoisotopic (exact) mass is 500 g/mol. The Bertz CT molecular complexity index is 1020. The highest BCUT2D eigenvalue weighted by Crippen LogP contribution is 2.27. The summed E-state index contributed by atoms with van der Waals surface area (Å²) in [6, 6.07) is 13.5. The number of carbonyl (C=O) groups excluding carboxylic acids is 1. The van der Waals surface area contributed by atoms with E-state index in [-0.39, 0.29) is 18.4 Å². The van der Waals surface area contributed by atoms with Gasteiger partial charge in [0.05, 0.1) is 24.5 Å². The number of nitrogens with zero attached hydrogens (tertiary/aromatic N) is 5. The van der Waals surface area contributed by atoms with Crippen LogP contribution in [-0.2, 0) is 11.2 Å². The van der Waals surface area contributed by atoms with Gasteiger partial charge in [-0.2, -0.15) is 0 Å². The number of imidazole rings is 1. The van der Waals surface area contributed by atoms with Gasteiger partial charge in [-0.15, -0.1) is 0 Å². The molecule has 7 nitrogen and oxygen atoms in total. The molecule has 0 aliphatic heterocycles. The lowest BCUT2D eigenvalue weighted by Crippen LogP contribution is -2.16. The Morgan fingerprint density at radius 1 is 1.28 bits per heavy atom. The van der Waals surface area contributed by atoms with Crippen LogP contribution in [0.5, 0.6) is 0 Å². The predicted octanol–water partition coefficient (Wildman–Crippen LogP) is 5.86. The molecule has 0 bridgehead atoms. The molecule has 8 heteroatoms. The molecule has 0 saturated heterocycles. The maximum Gasteiger partial charge on any atom is 0.228 e. The molecule has 0 radical (unpaired) electrons. The van der Waals surface area contributed by atoms with Crippen LogP contribution in [0.15, 0.2) is 66.3 Å². The zero-order valence-corrected chi connectivity index (χ0v) is 18.3. The average Bonchev–Trinajstić information content (AvgIpc) is 3.19. The summed E-state index contributed by atoms with van der Waals surface area (Å²) in [4.78, 5) is 19.4. The molecule has 1 aromatic heterocycles. The maximum absolute atomic E-state index is 12.4. The van der Waals surface area contributed by atoms with Crippen LogP contribution in [0.4, 0.5) is 11.4 Å². The zero-order chi connectivity index (χ0) is 20.8. The lowest BCUT2D eigenvalue weighted by molar-refractivity contribution is -0.115. The minimum atomic E-state index is -0.0971. The van der Waals surface area contributed by atoms with E-state index in [2.05, 4.69) is 61.3 Å². The van der Waals surface area contributed by atoms with Gasteiger partial charge in [-0.25, -0.2) is 4.98 Å². The molecular weight excluding hydrogens is 479 g/mol. The van der Waals surface area contributed by atoms with Crippen LogP contribution in [0, 0.1) is 9.49 Å². The van der Waals surface area contributed by atoms with Crippen LogP contribution in [0.1, 0.15) is 31.0 Å². The molecule has 1 amide bonds. The van der Waals surface area contributed by atoms with Crippen LogP contribution < -0.4 is 5.32 Å². The summed E-state index contributed by atoms with van der Waals surface area (Å²) < 4.78 is 2.91. The second-order valence-corrected chi connectivity index (χ2v) is 8.18. The van der Waals surface area contributed by atoms with Gasteiger partial charge in [0.1, 0.15) is 0 Å². The molecule has 29 heavy (non-hydrogen) atoms. The van der Waals surface area contributed by atoms with Crippen LogP contribution >= 0.6 is 22.6 Å². The van der Waals surface area contributed by atoms with Crippen molar-refractivity contribution in [1.29, 1.82) is 0 Å². The summed E-state index contributed by atoms with van der Waals surface area (Å²) in [5.41, 5.74) is 11.9. The number of amides is 1. The van der Waals surface area contributed by atoms with Gasteiger partial charge in [0, 0.05) is 26.6 Å². The number of carbonyl (C=O) groups is 1. The number of aromatic nitrogens is 2. The molecule has 0 aliphatic carbocycles. The highest BCUT2D eigenvalue weighted by Gasteiger charge is 2.17. The Balaban J connectivity index is 1.67. The molecule has 2 aromatic carbocycles. The summed E-state index contributed by atoms with van der Waals surface area (Å²) in [7, 11) is 0. The number of azide groups is 1. The third kappa shape index (κ3) is 5.36. The van der Waals surface area contributed by atoms with E-state index in [1.54, 1.807) is 18.3 Å². The van der Waals surface area contributed by atoms with Gasteiger partial charge in [0.15, 0.2) is 0 Å². The van der Waals surface area contributed by atoms with E-state index in [9.17, 15) is 4.79 Å². The number of hydrogen-bond acceptors (Lipinski definition) is 3. The topological polar surface area (TPSA) is 95.7 Å². The van der Waals surface area contributed by atoms with Crippen LogP contribution in [0.3, 0.4) is 0 Å². The largest absolute Gasteiger partial charge is 0.330 e. The molecule has 3 aromatic rings. The van der Waals surface area contributed by atoms with Gasteiger partial charge in [0.2, 0.25) is 5.91 Å². The highest BCUT2D eigenvalue weighted by atomic mass is 127. The Kier molecular flexibility index (Phi) is 6.90. The van der Waals surface area contributed by atoms with Crippen LogP contribution in [-0.4, -0.2) is 15.5 Å². The minimum Gasteiger partial charge on any atom is -0.330 e. The second-order valence-electron chi connectivity index (χ2n) is 7.02. The van der Waals surface area contributed by atoms with E-state index < -0.39 is 0 Å². The van der Waals surface area contributed by atoms with Crippen molar-refractivity contribution in [3.05, 3.63) is 86.3 Å². The molecule has 1 heterocycles. The predicted molar refractivity (Wildman–Crippen MR) is 122 cm³/mol. The SMILES string of the molecule is CC(C)C(c1ccc(NC(=O)Cc2ccc(N=[N+]=[N-])c(I)c2)cc1)n1ccnc1. The quantitative estimate of drug-likeness (QED) is 0.191. The number of halogens is 1. The molecule has 0 aliphatic rings. The summed E-state index contributed by atoms with van der Waals surface area (Å²) >= 11 is 2.10. The Hall–Kier alpha value is -2.84. The van der Waals surface area contributed by atoms with Crippen molar-refractivity contribution in [3.8, 4) is 0 Å². The van der Waals surface area contributed by atoms with Crippen molar-refractivity contribution >= 4 is 39.9 Å². The first kappa shape index (κ1) is 20.9. The van der Waals surface area contributed by atoms with Crippen molar-refractivity contribution in [2.45, 2.75) is 26.3 Å². The van der Waals surface area contributed by atoms with Crippen LogP contribution in [0.2, 0.25) is 0 Å². The van der Waals surface area contributed by atoms with E-state index in [4.69, 9.17) is 5.53 Å². The lowest BCUT2D eigenvalue weighted by Gasteiger charge is -2.23. The first-order valence-corrected chi connectivity index (χ1v) is 10.3. The zero-order valence-electron chi connectivity index (χ0n) is 16.2. The van der Waals surface area contributed by atoms with Gasteiger partial charge in [-0.3, -0.25) is 4.79 Å². The smallest absolute Gasteiger partial charge is 0.228 e. The molecule has 1 unspecified atom stereocenters. The van der Waals surface area contributed by atoms with Gasteiger partial charge in [-0.1, -0.05) is 43.2 Å².